The van der Waals surface area contributed by atoms with Gasteiger partial charge in [-0.15, -0.1) is 0 Å². The van der Waals surface area contributed by atoms with Crippen molar-refractivity contribution in [3.63, 3.8) is 0 Å². The summed E-state index contributed by atoms with van der Waals surface area (Å²) < 4.78 is 5.47. The van der Waals surface area contributed by atoms with Crippen molar-refractivity contribution in [3.8, 4) is 0 Å². The number of dihydropyridines is 1. The summed E-state index contributed by atoms with van der Waals surface area (Å²) in [5, 5.41) is 3.05. The van der Waals surface area contributed by atoms with Crippen molar-refractivity contribution in [2.75, 3.05) is 0 Å². The standard InChI is InChI=1S/C11H15N3O/c1-8-4-5-9(15-8)7-11(13)10(12)3-2-6-14-11/h2-6,14H,7,12-13H2,1H3. The van der Waals surface area contributed by atoms with Crippen LogP contribution in [0.3, 0.4) is 0 Å². The number of aryl methyl sites for hydroxylation is 1. The van der Waals surface area contributed by atoms with E-state index < -0.39 is 5.66 Å². The molecule has 15 heavy (non-hydrogen) atoms. The molecule has 1 aliphatic heterocycles. The second kappa shape index (κ2) is 3.47. The van der Waals surface area contributed by atoms with E-state index in [1.807, 2.05) is 25.1 Å². The molecule has 4 nitrogen and oxygen atoms in total. The van der Waals surface area contributed by atoms with E-state index in [2.05, 4.69) is 5.32 Å². The highest BCUT2D eigenvalue weighted by atomic mass is 16.3. The molecule has 4 heteroatoms. The fourth-order valence-electron chi connectivity index (χ4n) is 1.59. The van der Waals surface area contributed by atoms with Gasteiger partial charge in [-0.05, 0) is 37.4 Å². The molecule has 2 rings (SSSR count). The molecule has 1 unspecified atom stereocenters. The number of hydrogen-bond donors (Lipinski definition) is 3. The number of nitrogens with two attached hydrogens (primary N) is 2. The number of furan rings is 1. The number of allylic oxidation sites excluding steroid dienone is 2. The first-order valence-corrected chi connectivity index (χ1v) is 4.85. The topological polar surface area (TPSA) is 77.2 Å². The summed E-state index contributed by atoms with van der Waals surface area (Å²) in [4.78, 5) is 0. The van der Waals surface area contributed by atoms with E-state index in [1.165, 1.54) is 0 Å². The Labute approximate surface area is 88.6 Å². The van der Waals surface area contributed by atoms with Gasteiger partial charge in [-0.3, -0.25) is 0 Å². The molecule has 1 aromatic heterocycles. The fourth-order valence-corrected chi connectivity index (χ4v) is 1.59. The van der Waals surface area contributed by atoms with Crippen molar-refractivity contribution in [3.05, 3.63) is 47.7 Å². The second-order valence-electron chi connectivity index (χ2n) is 3.79. The van der Waals surface area contributed by atoms with E-state index >= 15 is 0 Å². The average molecular weight is 205 g/mol. The molecule has 0 fully saturated rings. The minimum atomic E-state index is -0.737. The largest absolute Gasteiger partial charge is 0.466 e. The Morgan fingerprint density at radius 2 is 2.27 bits per heavy atom. The minimum absolute atomic E-state index is 0.535. The molecule has 1 aliphatic rings. The second-order valence-corrected chi connectivity index (χ2v) is 3.79. The summed E-state index contributed by atoms with van der Waals surface area (Å²) >= 11 is 0. The van der Waals surface area contributed by atoms with Crippen LogP contribution in [0.2, 0.25) is 0 Å². The Hall–Kier alpha value is -1.68. The van der Waals surface area contributed by atoms with Crippen molar-refractivity contribution in [2.24, 2.45) is 11.5 Å². The number of hydrogen-bond acceptors (Lipinski definition) is 4. The fraction of sp³-hybridized carbons (Fsp3) is 0.273. The molecule has 0 radical (unpaired) electrons. The maximum Gasteiger partial charge on any atom is 0.133 e. The van der Waals surface area contributed by atoms with E-state index in [4.69, 9.17) is 15.9 Å². The molecule has 2 heterocycles. The zero-order valence-electron chi connectivity index (χ0n) is 8.66. The lowest BCUT2D eigenvalue weighted by Gasteiger charge is -2.31. The van der Waals surface area contributed by atoms with Gasteiger partial charge in [0.05, 0.1) is 0 Å². The lowest BCUT2D eigenvalue weighted by molar-refractivity contribution is 0.379. The van der Waals surface area contributed by atoms with Crippen LogP contribution in [0.15, 0.2) is 40.6 Å². The van der Waals surface area contributed by atoms with Crippen LogP contribution in [-0.4, -0.2) is 5.66 Å². The van der Waals surface area contributed by atoms with Gasteiger partial charge in [0.1, 0.15) is 17.2 Å². The van der Waals surface area contributed by atoms with Crippen LogP contribution in [0, 0.1) is 6.92 Å². The van der Waals surface area contributed by atoms with Gasteiger partial charge in [-0.1, -0.05) is 0 Å². The lowest BCUT2D eigenvalue weighted by Crippen LogP contribution is -2.57. The first kappa shape index (κ1) is 9.86. The highest BCUT2D eigenvalue weighted by Gasteiger charge is 2.29. The van der Waals surface area contributed by atoms with Gasteiger partial charge in [-0.2, -0.15) is 0 Å². The van der Waals surface area contributed by atoms with E-state index in [1.54, 1.807) is 12.3 Å². The van der Waals surface area contributed by atoms with Crippen molar-refractivity contribution in [1.82, 2.24) is 5.32 Å². The van der Waals surface area contributed by atoms with Crippen LogP contribution in [0.4, 0.5) is 0 Å². The Morgan fingerprint density at radius 1 is 1.47 bits per heavy atom. The highest BCUT2D eigenvalue weighted by molar-refractivity contribution is 5.28. The molecule has 1 atom stereocenters. The molecule has 1 aromatic rings. The van der Waals surface area contributed by atoms with E-state index in [-0.39, 0.29) is 0 Å². The predicted octanol–water partition coefficient (Wildman–Crippen LogP) is 0.745. The van der Waals surface area contributed by atoms with Crippen LogP contribution in [0.5, 0.6) is 0 Å². The van der Waals surface area contributed by atoms with Crippen molar-refractivity contribution < 1.29 is 4.42 Å². The first-order chi connectivity index (χ1) is 7.10. The van der Waals surface area contributed by atoms with Gasteiger partial charge in [0.25, 0.3) is 0 Å². The Morgan fingerprint density at radius 3 is 2.87 bits per heavy atom. The predicted molar refractivity (Wildman–Crippen MR) is 58.6 cm³/mol. The molecule has 80 valence electrons. The summed E-state index contributed by atoms with van der Waals surface area (Å²) in [6.07, 6.45) is 5.94. The molecule has 0 aromatic carbocycles. The smallest absolute Gasteiger partial charge is 0.133 e. The van der Waals surface area contributed by atoms with Crippen LogP contribution in [0.1, 0.15) is 11.5 Å². The molecule has 0 saturated carbocycles. The number of rotatable bonds is 2. The molecule has 0 spiro atoms. The van der Waals surface area contributed by atoms with Crippen molar-refractivity contribution >= 4 is 0 Å². The maximum absolute atomic E-state index is 6.13. The lowest BCUT2D eigenvalue weighted by atomic mass is 9.99. The van der Waals surface area contributed by atoms with Crippen molar-refractivity contribution in [1.29, 1.82) is 0 Å². The average Bonchev–Trinajstić information content (AvgIpc) is 2.57. The monoisotopic (exact) mass is 205 g/mol. The molecule has 5 N–H and O–H groups in total. The van der Waals surface area contributed by atoms with Crippen LogP contribution in [-0.2, 0) is 6.42 Å². The molecule has 0 amide bonds. The van der Waals surface area contributed by atoms with Gasteiger partial charge < -0.3 is 21.2 Å². The van der Waals surface area contributed by atoms with Gasteiger partial charge in [-0.25, -0.2) is 0 Å². The van der Waals surface area contributed by atoms with Gasteiger partial charge in [0, 0.05) is 12.1 Å². The van der Waals surface area contributed by atoms with Crippen molar-refractivity contribution in [2.45, 2.75) is 19.0 Å². The zero-order chi connectivity index (χ0) is 10.9. The normalized spacial score (nSPS) is 24.8. The van der Waals surface area contributed by atoms with E-state index in [0.29, 0.717) is 12.1 Å². The van der Waals surface area contributed by atoms with Crippen LogP contribution in [0.25, 0.3) is 0 Å². The molecule has 0 aliphatic carbocycles. The van der Waals surface area contributed by atoms with Gasteiger partial charge in [0.15, 0.2) is 0 Å². The van der Waals surface area contributed by atoms with Gasteiger partial charge >= 0.3 is 0 Å². The maximum atomic E-state index is 6.13. The summed E-state index contributed by atoms with van der Waals surface area (Å²) in [6.45, 7) is 1.90. The summed E-state index contributed by atoms with van der Waals surface area (Å²) in [5.74, 6) is 1.71. The Bertz CT molecular complexity index is 419. The number of nitrogens with one attached hydrogen (secondary N) is 1. The Kier molecular flexibility index (Phi) is 2.28. The summed E-state index contributed by atoms with van der Waals surface area (Å²) in [6, 6.07) is 3.83. The van der Waals surface area contributed by atoms with Crippen LogP contribution < -0.4 is 16.8 Å². The summed E-state index contributed by atoms with van der Waals surface area (Å²) in [5.41, 5.74) is 11.8. The molecular formula is C11H15N3O. The molecular weight excluding hydrogens is 190 g/mol. The molecule has 0 saturated heterocycles. The third kappa shape index (κ3) is 1.89. The van der Waals surface area contributed by atoms with E-state index in [9.17, 15) is 0 Å². The first-order valence-electron chi connectivity index (χ1n) is 4.85. The third-order valence-electron chi connectivity index (χ3n) is 2.48. The molecule has 0 bridgehead atoms. The third-order valence-corrected chi connectivity index (χ3v) is 2.48. The Balaban J connectivity index is 2.18. The minimum Gasteiger partial charge on any atom is -0.466 e. The summed E-state index contributed by atoms with van der Waals surface area (Å²) in [7, 11) is 0. The highest BCUT2D eigenvalue weighted by Crippen LogP contribution is 2.18. The van der Waals surface area contributed by atoms with Gasteiger partial charge in [0.2, 0.25) is 0 Å². The quantitative estimate of drug-likeness (QED) is 0.665. The van der Waals surface area contributed by atoms with Crippen LogP contribution >= 0.6 is 0 Å². The SMILES string of the molecule is Cc1ccc(CC2(N)NC=CC=C2N)o1. The zero-order valence-corrected chi connectivity index (χ0v) is 8.66. The van der Waals surface area contributed by atoms with E-state index in [0.717, 1.165) is 11.5 Å².